The van der Waals surface area contributed by atoms with Crippen LogP contribution in [0.5, 0.6) is 0 Å². The number of anilines is 1. The lowest BCUT2D eigenvalue weighted by Gasteiger charge is -2.25. The highest BCUT2D eigenvalue weighted by atomic mass is 79.9. The van der Waals surface area contributed by atoms with E-state index in [0.29, 0.717) is 5.82 Å². The fourth-order valence-electron chi connectivity index (χ4n) is 1.19. The van der Waals surface area contributed by atoms with Gasteiger partial charge in [0.15, 0.2) is 5.82 Å². The molecule has 1 N–H and O–H groups in total. The van der Waals surface area contributed by atoms with Gasteiger partial charge in [-0.3, -0.25) is 0 Å². The Kier molecular flexibility index (Phi) is 4.04. The van der Waals surface area contributed by atoms with Gasteiger partial charge < -0.3 is 10.1 Å². The van der Waals surface area contributed by atoms with Gasteiger partial charge in [-0.15, -0.1) is 0 Å². The lowest BCUT2D eigenvalue weighted by Crippen LogP contribution is -2.26. The van der Waals surface area contributed by atoms with Crippen molar-refractivity contribution < 1.29 is 4.74 Å². The van der Waals surface area contributed by atoms with Crippen LogP contribution in [-0.4, -0.2) is 24.1 Å². The molecule has 1 unspecified atom stereocenters. The number of nitrogens with one attached hydrogen (secondary N) is 1. The molecule has 0 aromatic carbocycles. The highest BCUT2D eigenvalue weighted by molar-refractivity contribution is 9.10. The maximum absolute atomic E-state index is 5.44. The molecule has 0 aliphatic heterocycles. The summed E-state index contributed by atoms with van der Waals surface area (Å²) in [5.74, 6) is 1.47. The van der Waals surface area contributed by atoms with Crippen LogP contribution in [0, 0.1) is 0 Å². The third-order valence-electron chi connectivity index (χ3n) is 2.58. The van der Waals surface area contributed by atoms with Gasteiger partial charge in [-0.25, -0.2) is 9.97 Å². The van der Waals surface area contributed by atoms with Crippen molar-refractivity contribution in [2.75, 3.05) is 19.5 Å². The summed E-state index contributed by atoms with van der Waals surface area (Å²) in [7, 11) is 3.50. The smallest absolute Gasteiger partial charge is 0.162 e. The van der Waals surface area contributed by atoms with Crippen LogP contribution in [0.3, 0.4) is 0 Å². The van der Waals surface area contributed by atoms with Gasteiger partial charge in [-0.1, -0.05) is 6.92 Å². The maximum Gasteiger partial charge on any atom is 0.162 e. The minimum atomic E-state index is -0.424. The molecule has 0 saturated heterocycles. The highest BCUT2D eigenvalue weighted by Gasteiger charge is 2.27. The van der Waals surface area contributed by atoms with Crippen LogP contribution < -0.4 is 5.32 Å². The average Bonchev–Trinajstić information content (AvgIpc) is 2.28. The van der Waals surface area contributed by atoms with E-state index >= 15 is 0 Å². The standard InChI is InChI=1S/C10H16BrN3O/c1-5-10(2,15-4)9-13-6-7(11)8(12-3)14-9/h6H,5H2,1-4H3,(H,12,13,14). The van der Waals surface area contributed by atoms with Crippen molar-refractivity contribution in [3.05, 3.63) is 16.5 Å². The average molecular weight is 274 g/mol. The van der Waals surface area contributed by atoms with Crippen molar-refractivity contribution in [1.82, 2.24) is 9.97 Å². The quantitative estimate of drug-likeness (QED) is 0.916. The predicted octanol–water partition coefficient (Wildman–Crippen LogP) is 2.55. The molecule has 0 aliphatic carbocycles. The summed E-state index contributed by atoms with van der Waals surface area (Å²) in [4.78, 5) is 8.69. The van der Waals surface area contributed by atoms with Crippen LogP contribution in [0.25, 0.3) is 0 Å². The SMILES string of the molecule is CCC(C)(OC)c1ncc(Br)c(NC)n1. The topological polar surface area (TPSA) is 47.0 Å². The third-order valence-corrected chi connectivity index (χ3v) is 3.16. The summed E-state index contributed by atoms with van der Waals surface area (Å²) in [6.45, 7) is 4.03. The molecule has 1 atom stereocenters. The number of ether oxygens (including phenoxy) is 1. The number of aromatic nitrogens is 2. The van der Waals surface area contributed by atoms with E-state index in [1.165, 1.54) is 0 Å². The van der Waals surface area contributed by atoms with Crippen molar-refractivity contribution in [2.45, 2.75) is 25.9 Å². The fourth-order valence-corrected chi connectivity index (χ4v) is 1.58. The van der Waals surface area contributed by atoms with E-state index in [-0.39, 0.29) is 0 Å². The molecule has 0 spiro atoms. The number of hydrogen-bond acceptors (Lipinski definition) is 4. The molecule has 0 fully saturated rings. The predicted molar refractivity (Wildman–Crippen MR) is 63.9 cm³/mol. The Bertz CT molecular complexity index is 339. The summed E-state index contributed by atoms with van der Waals surface area (Å²) in [6.07, 6.45) is 2.56. The lowest BCUT2D eigenvalue weighted by atomic mass is 10.0. The molecule has 1 aromatic heterocycles. The number of rotatable bonds is 4. The van der Waals surface area contributed by atoms with Crippen LogP contribution in [-0.2, 0) is 10.3 Å². The zero-order valence-corrected chi connectivity index (χ0v) is 11.1. The first-order chi connectivity index (χ1) is 7.07. The van der Waals surface area contributed by atoms with Crippen LogP contribution in [0.4, 0.5) is 5.82 Å². The van der Waals surface area contributed by atoms with Gasteiger partial charge in [0, 0.05) is 20.4 Å². The van der Waals surface area contributed by atoms with Crippen molar-refractivity contribution in [3.63, 3.8) is 0 Å². The zero-order chi connectivity index (χ0) is 11.5. The Morgan fingerprint density at radius 2 is 2.27 bits per heavy atom. The van der Waals surface area contributed by atoms with Crippen LogP contribution in [0.1, 0.15) is 26.1 Å². The van der Waals surface area contributed by atoms with Crippen molar-refractivity contribution in [1.29, 1.82) is 0 Å². The van der Waals surface area contributed by atoms with Crippen molar-refractivity contribution in [2.24, 2.45) is 0 Å². The van der Waals surface area contributed by atoms with E-state index < -0.39 is 5.60 Å². The zero-order valence-electron chi connectivity index (χ0n) is 9.47. The van der Waals surface area contributed by atoms with Gasteiger partial charge in [-0.05, 0) is 29.3 Å². The molecule has 15 heavy (non-hydrogen) atoms. The molecule has 0 bridgehead atoms. The first-order valence-corrected chi connectivity index (χ1v) is 5.62. The fraction of sp³-hybridized carbons (Fsp3) is 0.600. The second kappa shape index (κ2) is 4.90. The van der Waals surface area contributed by atoms with Gasteiger partial charge in [0.05, 0.1) is 4.47 Å². The summed E-state index contributed by atoms with van der Waals surface area (Å²) in [5, 5.41) is 3.00. The van der Waals surface area contributed by atoms with Crippen LogP contribution in [0.2, 0.25) is 0 Å². The van der Waals surface area contributed by atoms with Gasteiger partial charge in [0.25, 0.3) is 0 Å². The Morgan fingerprint density at radius 1 is 1.60 bits per heavy atom. The second-order valence-corrected chi connectivity index (χ2v) is 4.28. The van der Waals surface area contributed by atoms with Gasteiger partial charge in [0.2, 0.25) is 0 Å². The normalized spacial score (nSPS) is 14.7. The van der Waals surface area contributed by atoms with E-state index in [4.69, 9.17) is 4.74 Å². The van der Waals surface area contributed by atoms with Crippen LogP contribution >= 0.6 is 15.9 Å². The molecule has 1 rings (SSSR count). The molecule has 0 aliphatic rings. The third kappa shape index (κ3) is 2.46. The minimum absolute atomic E-state index is 0.424. The first kappa shape index (κ1) is 12.4. The van der Waals surface area contributed by atoms with E-state index in [2.05, 4.69) is 31.2 Å². The molecule has 5 heteroatoms. The highest BCUT2D eigenvalue weighted by Crippen LogP contribution is 2.28. The van der Waals surface area contributed by atoms with Gasteiger partial charge in [0.1, 0.15) is 11.4 Å². The van der Waals surface area contributed by atoms with E-state index in [1.54, 1.807) is 13.3 Å². The van der Waals surface area contributed by atoms with Gasteiger partial charge in [-0.2, -0.15) is 0 Å². The summed E-state index contributed by atoms with van der Waals surface area (Å²) < 4.78 is 6.29. The molecule has 0 saturated carbocycles. The monoisotopic (exact) mass is 273 g/mol. The molecule has 0 radical (unpaired) electrons. The molecule has 4 nitrogen and oxygen atoms in total. The largest absolute Gasteiger partial charge is 0.372 e. The first-order valence-electron chi connectivity index (χ1n) is 4.83. The van der Waals surface area contributed by atoms with E-state index in [9.17, 15) is 0 Å². The molecule has 0 amide bonds. The number of nitrogens with zero attached hydrogens (tertiary/aromatic N) is 2. The number of hydrogen-bond donors (Lipinski definition) is 1. The summed E-state index contributed by atoms with van der Waals surface area (Å²) in [5.41, 5.74) is -0.424. The van der Waals surface area contributed by atoms with Crippen LogP contribution in [0.15, 0.2) is 10.7 Å². The van der Waals surface area contributed by atoms with Crippen molar-refractivity contribution >= 4 is 21.7 Å². The summed E-state index contributed by atoms with van der Waals surface area (Å²) in [6, 6.07) is 0. The number of methoxy groups -OCH3 is 1. The lowest BCUT2D eigenvalue weighted by molar-refractivity contribution is -0.00889. The van der Waals surface area contributed by atoms with Crippen molar-refractivity contribution in [3.8, 4) is 0 Å². The Balaban J connectivity index is 3.15. The Morgan fingerprint density at radius 3 is 2.73 bits per heavy atom. The van der Waals surface area contributed by atoms with E-state index in [1.807, 2.05) is 20.9 Å². The second-order valence-electron chi connectivity index (χ2n) is 3.43. The minimum Gasteiger partial charge on any atom is -0.372 e. The molecular weight excluding hydrogens is 258 g/mol. The molecule has 84 valence electrons. The number of halogens is 1. The maximum atomic E-state index is 5.44. The van der Waals surface area contributed by atoms with Gasteiger partial charge >= 0.3 is 0 Å². The molecular formula is C10H16BrN3O. The summed E-state index contributed by atoms with van der Waals surface area (Å²) >= 11 is 3.37. The Labute approximate surface area is 98.6 Å². The molecule has 1 heterocycles. The molecule has 1 aromatic rings. The Hall–Kier alpha value is -0.680. The van der Waals surface area contributed by atoms with E-state index in [0.717, 1.165) is 16.7 Å².